The zero-order valence-corrected chi connectivity index (χ0v) is 19.1. The van der Waals surface area contributed by atoms with Crippen LogP contribution in [0, 0.1) is 13.8 Å². The van der Waals surface area contributed by atoms with E-state index in [2.05, 4.69) is 31.2 Å². The van der Waals surface area contributed by atoms with Gasteiger partial charge in [-0.3, -0.25) is 19.4 Å². The Kier molecular flexibility index (Phi) is 6.79. The van der Waals surface area contributed by atoms with Gasteiger partial charge in [-0.25, -0.2) is 15.0 Å². The number of carbonyl (C=O) groups is 2. The monoisotopic (exact) mass is 459 g/mol. The highest BCUT2D eigenvalue weighted by Crippen LogP contribution is 2.27. The summed E-state index contributed by atoms with van der Waals surface area (Å²) < 4.78 is 1.62. The lowest BCUT2D eigenvalue weighted by Crippen LogP contribution is -2.25. The van der Waals surface area contributed by atoms with Crippen molar-refractivity contribution in [3.8, 4) is 0 Å². The van der Waals surface area contributed by atoms with Crippen molar-refractivity contribution in [1.29, 1.82) is 0 Å². The van der Waals surface area contributed by atoms with Crippen molar-refractivity contribution in [2.75, 3.05) is 19.0 Å². The smallest absolute Gasteiger partial charge is 0.274 e. The number of hydroxylamine groups is 1. The Labute approximate surface area is 196 Å². The molecule has 0 fully saturated rings. The van der Waals surface area contributed by atoms with Crippen LogP contribution in [0.15, 0.2) is 55.2 Å². The van der Waals surface area contributed by atoms with E-state index in [9.17, 15) is 9.59 Å². The summed E-state index contributed by atoms with van der Waals surface area (Å²) in [6.45, 7) is 4.28. The van der Waals surface area contributed by atoms with Crippen LogP contribution in [-0.4, -0.2) is 45.1 Å². The Hall–Kier alpha value is -4.31. The number of nitrogens with zero attached hydrogens (tertiary/aromatic N) is 4. The molecular weight excluding hydrogens is 434 g/mol. The van der Waals surface area contributed by atoms with Crippen molar-refractivity contribution >= 4 is 28.8 Å². The third-order valence-corrected chi connectivity index (χ3v) is 5.47. The quantitative estimate of drug-likeness (QED) is 0.346. The molecule has 0 atom stereocenters. The van der Waals surface area contributed by atoms with Gasteiger partial charge in [0.15, 0.2) is 5.82 Å². The summed E-state index contributed by atoms with van der Waals surface area (Å²) in [5, 5.41) is 10.5. The molecule has 0 aliphatic heterocycles. The highest BCUT2D eigenvalue weighted by Gasteiger charge is 2.18. The molecule has 10 nitrogen and oxygen atoms in total. The van der Waals surface area contributed by atoms with E-state index in [0.29, 0.717) is 41.1 Å². The van der Waals surface area contributed by atoms with Gasteiger partial charge in [-0.2, -0.15) is 5.10 Å². The van der Waals surface area contributed by atoms with E-state index >= 15 is 0 Å². The highest BCUT2D eigenvalue weighted by molar-refractivity contribution is 5.99. The minimum Gasteiger partial charge on any atom is -0.352 e. The number of aromatic nitrogens is 4. The van der Waals surface area contributed by atoms with E-state index < -0.39 is 0 Å². The first-order valence-corrected chi connectivity index (χ1v) is 10.7. The number of benzene rings is 1. The number of hydrogen-bond donors (Lipinski definition) is 3. The van der Waals surface area contributed by atoms with Gasteiger partial charge in [0.1, 0.15) is 11.8 Å². The van der Waals surface area contributed by atoms with E-state index in [4.69, 9.17) is 4.84 Å². The number of fused-ring (bicyclic) bond motifs is 1. The first-order chi connectivity index (χ1) is 16.5. The van der Waals surface area contributed by atoms with Gasteiger partial charge in [-0.05, 0) is 61.2 Å². The number of hydrogen-bond acceptors (Lipinski definition) is 7. The Bertz CT molecular complexity index is 1340. The molecule has 2 amide bonds. The largest absolute Gasteiger partial charge is 0.352 e. The minimum atomic E-state index is -0.358. The summed E-state index contributed by atoms with van der Waals surface area (Å²) >= 11 is 0. The second-order valence-electron chi connectivity index (χ2n) is 7.72. The van der Waals surface area contributed by atoms with E-state index in [1.807, 2.05) is 32.0 Å². The van der Waals surface area contributed by atoms with E-state index in [-0.39, 0.29) is 11.8 Å². The van der Waals surface area contributed by atoms with Gasteiger partial charge in [0, 0.05) is 36.4 Å². The van der Waals surface area contributed by atoms with Crippen LogP contribution in [0.4, 0.5) is 11.5 Å². The lowest BCUT2D eigenvalue weighted by Gasteiger charge is -2.12. The van der Waals surface area contributed by atoms with Gasteiger partial charge in [-0.15, -0.1) is 0 Å². The molecule has 0 spiro atoms. The molecule has 0 saturated carbocycles. The first kappa shape index (κ1) is 22.9. The molecule has 3 heterocycles. The Morgan fingerprint density at radius 3 is 2.65 bits per heavy atom. The number of aryl methyl sites for hydroxylation is 2. The van der Waals surface area contributed by atoms with Gasteiger partial charge < -0.3 is 10.6 Å². The molecule has 4 rings (SSSR count). The van der Waals surface area contributed by atoms with E-state index in [1.54, 1.807) is 35.2 Å². The fraction of sp³-hybridized carbons (Fsp3) is 0.208. The maximum Gasteiger partial charge on any atom is 0.274 e. The maximum atomic E-state index is 12.9. The number of anilines is 2. The molecule has 0 aliphatic rings. The molecule has 174 valence electrons. The average Bonchev–Trinajstić information content (AvgIpc) is 3.18. The van der Waals surface area contributed by atoms with Crippen molar-refractivity contribution in [3.63, 3.8) is 0 Å². The lowest BCUT2D eigenvalue weighted by atomic mass is 10.1. The molecule has 34 heavy (non-hydrogen) atoms. The lowest BCUT2D eigenvalue weighted by molar-refractivity contribution is 0.0537. The predicted molar refractivity (Wildman–Crippen MR) is 127 cm³/mol. The Morgan fingerprint density at radius 1 is 1.09 bits per heavy atom. The zero-order chi connectivity index (χ0) is 24.1. The number of rotatable bonds is 8. The van der Waals surface area contributed by atoms with Crippen molar-refractivity contribution in [2.24, 2.45) is 0 Å². The normalized spacial score (nSPS) is 10.8. The van der Waals surface area contributed by atoms with Crippen LogP contribution in [0.1, 0.15) is 37.4 Å². The van der Waals surface area contributed by atoms with Gasteiger partial charge in [0.2, 0.25) is 0 Å². The summed E-state index contributed by atoms with van der Waals surface area (Å²) in [7, 11) is 1.38. The molecule has 0 aliphatic carbocycles. The van der Waals surface area contributed by atoms with Gasteiger partial charge in [-0.1, -0.05) is 6.07 Å². The van der Waals surface area contributed by atoms with Crippen LogP contribution >= 0.6 is 0 Å². The third-order valence-electron chi connectivity index (χ3n) is 5.47. The molecule has 10 heteroatoms. The van der Waals surface area contributed by atoms with Crippen LogP contribution in [0.5, 0.6) is 0 Å². The fourth-order valence-electron chi connectivity index (χ4n) is 3.62. The standard InChI is InChI=1S/C24H25N7O3/c1-15-4-5-18(23(32)30-34-3)12-20(15)29-22-21-16(2)19(13-31(21)28-14-27-22)24(33)26-11-8-17-6-9-25-10-7-17/h4-7,9-10,12-14H,8,11H2,1-3H3,(H,26,33)(H,30,32)(H,27,28,29). The summed E-state index contributed by atoms with van der Waals surface area (Å²) in [6.07, 6.45) is 7.28. The van der Waals surface area contributed by atoms with Crippen molar-refractivity contribution < 1.29 is 14.4 Å². The molecule has 0 bridgehead atoms. The summed E-state index contributed by atoms with van der Waals surface area (Å²) in [6, 6.07) is 9.10. The number of nitrogens with one attached hydrogen (secondary N) is 3. The Morgan fingerprint density at radius 2 is 1.88 bits per heavy atom. The van der Waals surface area contributed by atoms with Gasteiger partial charge in [0.05, 0.1) is 12.7 Å². The van der Waals surface area contributed by atoms with Crippen molar-refractivity contribution in [3.05, 3.63) is 83.1 Å². The molecule has 0 saturated heterocycles. The molecule has 3 aromatic heterocycles. The second-order valence-corrected chi connectivity index (χ2v) is 7.72. The van der Waals surface area contributed by atoms with Crippen LogP contribution in [0.2, 0.25) is 0 Å². The van der Waals surface area contributed by atoms with E-state index in [0.717, 1.165) is 16.7 Å². The van der Waals surface area contributed by atoms with Crippen LogP contribution in [0.3, 0.4) is 0 Å². The minimum absolute atomic E-state index is 0.183. The van der Waals surface area contributed by atoms with Crippen LogP contribution < -0.4 is 16.1 Å². The molecule has 0 unspecified atom stereocenters. The molecule has 3 N–H and O–H groups in total. The number of amides is 2. The molecule has 1 aromatic carbocycles. The zero-order valence-electron chi connectivity index (χ0n) is 19.1. The first-order valence-electron chi connectivity index (χ1n) is 10.7. The van der Waals surface area contributed by atoms with Crippen LogP contribution in [0.25, 0.3) is 5.52 Å². The average molecular weight is 460 g/mol. The third kappa shape index (κ3) is 4.86. The highest BCUT2D eigenvalue weighted by atomic mass is 16.6. The van der Waals surface area contributed by atoms with Crippen molar-refractivity contribution in [2.45, 2.75) is 20.3 Å². The SMILES string of the molecule is CONC(=O)c1ccc(C)c(Nc2ncnn3cc(C(=O)NCCc4ccncc4)c(C)c23)c1. The van der Waals surface area contributed by atoms with E-state index in [1.165, 1.54) is 13.4 Å². The predicted octanol–water partition coefficient (Wildman–Crippen LogP) is 2.75. The van der Waals surface area contributed by atoms with Crippen molar-refractivity contribution in [1.82, 2.24) is 30.4 Å². The van der Waals surface area contributed by atoms with Crippen LogP contribution in [-0.2, 0) is 11.3 Å². The fourth-order valence-corrected chi connectivity index (χ4v) is 3.62. The maximum absolute atomic E-state index is 12.9. The summed E-state index contributed by atoms with van der Waals surface area (Å²) in [4.78, 5) is 38.1. The van der Waals surface area contributed by atoms with Gasteiger partial charge >= 0.3 is 0 Å². The molecule has 0 radical (unpaired) electrons. The summed E-state index contributed by atoms with van der Waals surface area (Å²) in [5.41, 5.74) is 7.40. The topological polar surface area (TPSA) is 123 Å². The second kappa shape index (κ2) is 10.1. The molecular formula is C24H25N7O3. The number of carbonyl (C=O) groups excluding carboxylic acids is 2. The Balaban J connectivity index is 1.57. The number of pyridine rings is 1. The summed E-state index contributed by atoms with van der Waals surface area (Å²) in [5.74, 6) is -0.0175. The molecule has 4 aromatic rings. The van der Waals surface area contributed by atoms with Gasteiger partial charge in [0.25, 0.3) is 11.8 Å².